The molecule has 2 saturated heterocycles. The van der Waals surface area contributed by atoms with Gasteiger partial charge in [-0.1, -0.05) is 6.42 Å². The van der Waals surface area contributed by atoms with Crippen molar-refractivity contribution >= 4 is 29.9 Å². The molecule has 4 heterocycles. The number of likely N-dealkylation sites (tertiary alicyclic amines) is 1. The fraction of sp³-hybridized carbons (Fsp3) is 0.625. The molecule has 0 aliphatic carbocycles. The normalized spacial score (nSPS) is 20.1. The van der Waals surface area contributed by atoms with Gasteiger partial charge in [-0.3, -0.25) is 14.8 Å². The van der Waals surface area contributed by atoms with E-state index >= 15 is 0 Å². The number of rotatable bonds is 8. The number of halogens is 1. The Balaban J connectivity index is 0.00000306. The van der Waals surface area contributed by atoms with Gasteiger partial charge in [0.1, 0.15) is 17.3 Å². The molecular weight excluding hydrogens is 533 g/mol. The number of guanidine groups is 1. The molecule has 2 aliphatic heterocycles. The Kier molecular flexibility index (Phi) is 10.5. The molecule has 8 nitrogen and oxygen atoms in total. The second kappa shape index (κ2) is 13.4. The number of aryl methyl sites for hydroxylation is 1. The number of nitrogens with one attached hydrogen (secondary N) is 2. The van der Waals surface area contributed by atoms with Gasteiger partial charge >= 0.3 is 0 Å². The van der Waals surface area contributed by atoms with Crippen LogP contribution in [0.2, 0.25) is 0 Å². The molecule has 0 saturated carbocycles. The van der Waals surface area contributed by atoms with E-state index in [1.54, 1.807) is 6.26 Å². The molecule has 2 N–H and O–H groups in total. The van der Waals surface area contributed by atoms with Gasteiger partial charge in [0.25, 0.3) is 0 Å². The first-order valence-electron chi connectivity index (χ1n) is 11.8. The van der Waals surface area contributed by atoms with E-state index in [0.29, 0.717) is 6.54 Å². The summed E-state index contributed by atoms with van der Waals surface area (Å²) in [5.41, 5.74) is 0. The average Bonchev–Trinajstić information content (AvgIpc) is 3.52. The zero-order chi connectivity index (χ0) is 22.2. The monoisotopic (exact) mass is 571 g/mol. The van der Waals surface area contributed by atoms with Crippen LogP contribution in [0.3, 0.4) is 0 Å². The first-order chi connectivity index (χ1) is 15.7. The third kappa shape index (κ3) is 7.21. The number of hydrogen-bond donors (Lipinski definition) is 2. The Labute approximate surface area is 214 Å². The van der Waals surface area contributed by atoms with Gasteiger partial charge in [-0.15, -0.1) is 24.0 Å². The molecular formula is C24H38IN5O3. The minimum atomic E-state index is 0. The van der Waals surface area contributed by atoms with Gasteiger partial charge in [-0.25, -0.2) is 0 Å². The van der Waals surface area contributed by atoms with Crippen LogP contribution >= 0.6 is 24.0 Å². The Bertz CT molecular complexity index is 829. The Morgan fingerprint density at radius 3 is 2.18 bits per heavy atom. The maximum absolute atomic E-state index is 5.99. The molecule has 2 aromatic rings. The van der Waals surface area contributed by atoms with Crippen molar-refractivity contribution in [1.82, 2.24) is 20.4 Å². The van der Waals surface area contributed by atoms with Crippen molar-refractivity contribution in [2.24, 2.45) is 4.99 Å². The van der Waals surface area contributed by atoms with E-state index in [2.05, 4.69) is 37.6 Å². The van der Waals surface area contributed by atoms with Crippen molar-refractivity contribution in [3.05, 3.63) is 47.8 Å². The molecule has 0 spiro atoms. The molecule has 0 amide bonds. The smallest absolute Gasteiger partial charge is 0.191 e. The maximum atomic E-state index is 5.99. The SMILES string of the molecule is CN=C(NCC(c1ccco1)N1CCCCC1)NCC(c1ccc(C)o1)N1CCOCC1.I. The van der Waals surface area contributed by atoms with E-state index in [-0.39, 0.29) is 36.1 Å². The van der Waals surface area contributed by atoms with Crippen LogP contribution in [0.1, 0.15) is 48.6 Å². The van der Waals surface area contributed by atoms with Crippen molar-refractivity contribution in [2.75, 3.05) is 59.5 Å². The zero-order valence-electron chi connectivity index (χ0n) is 19.8. The minimum absolute atomic E-state index is 0. The van der Waals surface area contributed by atoms with Crippen LogP contribution in [0.5, 0.6) is 0 Å². The lowest BCUT2D eigenvalue weighted by atomic mass is 10.1. The van der Waals surface area contributed by atoms with E-state index in [1.165, 1.54) is 19.3 Å². The number of morpholine rings is 1. The molecule has 4 rings (SSSR count). The van der Waals surface area contributed by atoms with Crippen LogP contribution in [0.15, 0.2) is 44.4 Å². The number of piperidine rings is 1. The van der Waals surface area contributed by atoms with Gasteiger partial charge in [0.15, 0.2) is 5.96 Å². The molecule has 0 radical (unpaired) electrons. The predicted octanol–water partition coefficient (Wildman–Crippen LogP) is 3.56. The number of hydrogen-bond acceptors (Lipinski definition) is 6. The summed E-state index contributed by atoms with van der Waals surface area (Å²) in [4.78, 5) is 9.41. The highest BCUT2D eigenvalue weighted by Crippen LogP contribution is 2.25. The third-order valence-electron chi connectivity index (χ3n) is 6.43. The molecule has 2 unspecified atom stereocenters. The predicted molar refractivity (Wildman–Crippen MR) is 140 cm³/mol. The summed E-state index contributed by atoms with van der Waals surface area (Å²) in [6.45, 7) is 8.96. The Morgan fingerprint density at radius 2 is 1.61 bits per heavy atom. The standard InChI is InChI=1S/C24H37N5O3.HI/c1-19-8-9-23(32-19)21(29-12-15-30-16-13-29)18-27-24(25-2)26-17-20(22-7-6-14-31-22)28-10-4-3-5-11-28;/h6-9,14,20-21H,3-5,10-13,15-18H2,1-2H3,(H2,25,26,27);1H. The first-order valence-corrected chi connectivity index (χ1v) is 11.8. The van der Waals surface area contributed by atoms with E-state index in [0.717, 1.165) is 69.2 Å². The van der Waals surface area contributed by atoms with Crippen LogP contribution < -0.4 is 10.6 Å². The summed E-state index contributed by atoms with van der Waals surface area (Å²) in [5.74, 6) is 3.71. The molecule has 184 valence electrons. The summed E-state index contributed by atoms with van der Waals surface area (Å²) in [6.07, 6.45) is 5.56. The highest BCUT2D eigenvalue weighted by Gasteiger charge is 2.27. The highest BCUT2D eigenvalue weighted by atomic mass is 127. The zero-order valence-corrected chi connectivity index (χ0v) is 22.1. The van der Waals surface area contributed by atoms with E-state index in [1.807, 2.05) is 26.1 Å². The molecule has 9 heteroatoms. The molecule has 0 bridgehead atoms. The first kappa shape index (κ1) is 26.1. The van der Waals surface area contributed by atoms with Crippen molar-refractivity contribution in [2.45, 2.75) is 38.3 Å². The van der Waals surface area contributed by atoms with Crippen molar-refractivity contribution in [1.29, 1.82) is 0 Å². The summed E-state index contributed by atoms with van der Waals surface area (Å²) >= 11 is 0. The van der Waals surface area contributed by atoms with Crippen LogP contribution in [0, 0.1) is 6.92 Å². The molecule has 2 atom stereocenters. The summed E-state index contributed by atoms with van der Waals surface area (Å²) in [7, 11) is 1.82. The summed E-state index contributed by atoms with van der Waals surface area (Å²) < 4.78 is 17.3. The number of aliphatic imine (C=N–C) groups is 1. The van der Waals surface area contributed by atoms with Gasteiger partial charge in [0.2, 0.25) is 0 Å². The minimum Gasteiger partial charge on any atom is -0.468 e. The fourth-order valence-electron chi connectivity index (χ4n) is 4.66. The van der Waals surface area contributed by atoms with Crippen LogP contribution in [0.4, 0.5) is 0 Å². The van der Waals surface area contributed by atoms with E-state index in [9.17, 15) is 0 Å². The number of ether oxygens (including phenoxy) is 1. The van der Waals surface area contributed by atoms with Crippen LogP contribution in [-0.2, 0) is 4.74 Å². The van der Waals surface area contributed by atoms with Crippen LogP contribution in [0.25, 0.3) is 0 Å². The van der Waals surface area contributed by atoms with Gasteiger partial charge in [-0.05, 0) is 57.1 Å². The van der Waals surface area contributed by atoms with E-state index < -0.39 is 0 Å². The van der Waals surface area contributed by atoms with Crippen LogP contribution in [-0.4, -0.2) is 75.3 Å². The van der Waals surface area contributed by atoms with Gasteiger partial charge in [0.05, 0.1) is 31.6 Å². The average molecular weight is 572 g/mol. The second-order valence-corrected chi connectivity index (χ2v) is 8.57. The quantitative estimate of drug-likeness (QED) is 0.285. The number of furan rings is 2. The summed E-state index contributed by atoms with van der Waals surface area (Å²) in [5, 5.41) is 7.06. The van der Waals surface area contributed by atoms with E-state index in [4.69, 9.17) is 13.6 Å². The molecule has 2 fully saturated rings. The lowest BCUT2D eigenvalue weighted by molar-refractivity contribution is 0.0124. The molecule has 0 aromatic carbocycles. The molecule has 33 heavy (non-hydrogen) atoms. The van der Waals surface area contributed by atoms with Gasteiger partial charge in [-0.2, -0.15) is 0 Å². The largest absolute Gasteiger partial charge is 0.468 e. The lowest BCUT2D eigenvalue weighted by Crippen LogP contribution is -2.48. The maximum Gasteiger partial charge on any atom is 0.191 e. The third-order valence-corrected chi connectivity index (χ3v) is 6.43. The number of nitrogens with zero attached hydrogens (tertiary/aromatic N) is 3. The van der Waals surface area contributed by atoms with Crippen molar-refractivity contribution in [3.8, 4) is 0 Å². The second-order valence-electron chi connectivity index (χ2n) is 8.57. The van der Waals surface area contributed by atoms with Gasteiger partial charge < -0.3 is 24.2 Å². The lowest BCUT2D eigenvalue weighted by Gasteiger charge is -2.35. The molecule has 2 aromatic heterocycles. The molecule has 2 aliphatic rings. The van der Waals surface area contributed by atoms with Crippen molar-refractivity contribution in [3.63, 3.8) is 0 Å². The van der Waals surface area contributed by atoms with Gasteiger partial charge in [0, 0.05) is 33.2 Å². The fourth-order valence-corrected chi connectivity index (χ4v) is 4.66. The topological polar surface area (TPSA) is 78.4 Å². The van der Waals surface area contributed by atoms with Crippen molar-refractivity contribution < 1.29 is 13.6 Å². The Hall–Kier alpha value is -1.56. The summed E-state index contributed by atoms with van der Waals surface area (Å²) in [6, 6.07) is 8.49. The highest BCUT2D eigenvalue weighted by molar-refractivity contribution is 14.0. The Morgan fingerprint density at radius 1 is 0.939 bits per heavy atom.